The van der Waals surface area contributed by atoms with Crippen LogP contribution in [0.2, 0.25) is 0 Å². The molecule has 1 aliphatic heterocycles. The molecule has 6 aromatic carbocycles. The van der Waals surface area contributed by atoms with Gasteiger partial charge >= 0.3 is 0 Å². The van der Waals surface area contributed by atoms with Gasteiger partial charge in [-0.3, -0.25) is 4.99 Å². The van der Waals surface area contributed by atoms with Crippen LogP contribution in [-0.2, 0) is 0 Å². The van der Waals surface area contributed by atoms with Crippen molar-refractivity contribution in [2.75, 3.05) is 0 Å². The summed E-state index contributed by atoms with van der Waals surface area (Å²) in [7, 11) is 0. The summed E-state index contributed by atoms with van der Waals surface area (Å²) in [5.41, 5.74) is 11.0. The lowest BCUT2D eigenvalue weighted by atomic mass is 9.89. The Bertz CT molecular complexity index is 2240. The van der Waals surface area contributed by atoms with Crippen LogP contribution < -0.4 is 0 Å². The van der Waals surface area contributed by atoms with Gasteiger partial charge in [0.15, 0.2) is 5.84 Å². The standard InChI is InChI=1S/C41H28N2O/c1-27-39(32-19-10-17-30(25-32)28-13-4-2-5-14-28)42-41(35-22-12-24-37-38(35)34-21-8-9-23-36(34)44-37)43-40(27)33-20-11-18-31(26-33)29-15-6-3-7-16-29/h2-26,39H,1H2. The zero-order chi connectivity index (χ0) is 29.5. The zero-order valence-corrected chi connectivity index (χ0v) is 24.0. The molecule has 0 N–H and O–H groups in total. The molecule has 3 nitrogen and oxygen atoms in total. The number of furan rings is 1. The van der Waals surface area contributed by atoms with Crippen molar-refractivity contribution in [1.29, 1.82) is 0 Å². The number of nitrogens with zero attached hydrogens (tertiary/aromatic N) is 2. The van der Waals surface area contributed by atoms with E-state index >= 15 is 0 Å². The Morgan fingerprint density at radius 1 is 0.523 bits per heavy atom. The monoisotopic (exact) mass is 564 g/mol. The smallest absolute Gasteiger partial charge is 0.156 e. The van der Waals surface area contributed by atoms with Gasteiger partial charge in [0.05, 0.1) is 5.71 Å². The van der Waals surface area contributed by atoms with E-state index in [1.54, 1.807) is 0 Å². The molecule has 7 aromatic rings. The first-order valence-electron chi connectivity index (χ1n) is 14.8. The number of amidine groups is 1. The Kier molecular flexibility index (Phi) is 6.35. The van der Waals surface area contributed by atoms with E-state index in [9.17, 15) is 0 Å². The van der Waals surface area contributed by atoms with E-state index in [0.717, 1.165) is 66.6 Å². The number of hydrogen-bond donors (Lipinski definition) is 0. The van der Waals surface area contributed by atoms with Crippen LogP contribution >= 0.6 is 0 Å². The van der Waals surface area contributed by atoms with Gasteiger partial charge in [-0.05, 0) is 52.1 Å². The maximum atomic E-state index is 6.24. The summed E-state index contributed by atoms with van der Waals surface area (Å²) in [6, 6.07) is 52.0. The van der Waals surface area contributed by atoms with Gasteiger partial charge in [0.25, 0.3) is 0 Å². The average Bonchev–Trinajstić information content (AvgIpc) is 3.48. The average molecular weight is 565 g/mol. The molecule has 0 saturated heterocycles. The molecule has 0 bridgehead atoms. The highest BCUT2D eigenvalue weighted by Crippen LogP contribution is 2.38. The molecule has 1 atom stereocenters. The van der Waals surface area contributed by atoms with Crippen LogP contribution in [-0.4, -0.2) is 11.5 Å². The maximum absolute atomic E-state index is 6.24. The molecule has 0 saturated carbocycles. The van der Waals surface area contributed by atoms with Gasteiger partial charge in [0, 0.05) is 27.5 Å². The van der Waals surface area contributed by atoms with Crippen molar-refractivity contribution in [3.63, 3.8) is 0 Å². The summed E-state index contributed by atoms with van der Waals surface area (Å²) in [6.07, 6.45) is 0. The van der Waals surface area contributed by atoms with E-state index in [-0.39, 0.29) is 6.04 Å². The molecule has 3 heteroatoms. The summed E-state index contributed by atoms with van der Waals surface area (Å²) < 4.78 is 6.24. The van der Waals surface area contributed by atoms with Crippen LogP contribution in [0.3, 0.4) is 0 Å². The van der Waals surface area contributed by atoms with Gasteiger partial charge in [-0.25, -0.2) is 4.99 Å². The Morgan fingerprint density at radius 3 is 1.89 bits per heavy atom. The van der Waals surface area contributed by atoms with Gasteiger partial charge in [-0.2, -0.15) is 0 Å². The predicted octanol–water partition coefficient (Wildman–Crippen LogP) is 10.5. The molecule has 8 rings (SSSR count). The van der Waals surface area contributed by atoms with E-state index in [1.165, 1.54) is 5.56 Å². The molecule has 0 fully saturated rings. The van der Waals surface area contributed by atoms with E-state index in [1.807, 2.05) is 42.5 Å². The molecular weight excluding hydrogens is 536 g/mol. The lowest BCUT2D eigenvalue weighted by Crippen LogP contribution is -2.20. The first-order chi connectivity index (χ1) is 21.7. The zero-order valence-electron chi connectivity index (χ0n) is 24.0. The summed E-state index contributed by atoms with van der Waals surface area (Å²) in [5.74, 6) is 0.671. The fraction of sp³-hybridized carbons (Fsp3) is 0.0244. The Hall–Kier alpha value is -5.80. The number of para-hydroxylation sites is 1. The second-order valence-corrected chi connectivity index (χ2v) is 11.1. The minimum absolute atomic E-state index is 0.310. The number of aliphatic imine (C=N–C) groups is 2. The molecule has 0 radical (unpaired) electrons. The van der Waals surface area contributed by atoms with Gasteiger partial charge in [-0.15, -0.1) is 0 Å². The largest absolute Gasteiger partial charge is 0.456 e. The molecular formula is C41H28N2O. The first-order valence-corrected chi connectivity index (χ1v) is 14.8. The molecule has 0 amide bonds. The van der Waals surface area contributed by atoms with Crippen molar-refractivity contribution in [3.8, 4) is 22.3 Å². The van der Waals surface area contributed by atoms with E-state index in [0.29, 0.717) is 5.84 Å². The molecule has 0 aliphatic carbocycles. The van der Waals surface area contributed by atoms with Crippen molar-refractivity contribution in [2.45, 2.75) is 6.04 Å². The molecule has 208 valence electrons. The molecule has 2 heterocycles. The van der Waals surface area contributed by atoms with Crippen LogP contribution in [0.15, 0.2) is 178 Å². The second kappa shape index (κ2) is 10.8. The third-order valence-corrected chi connectivity index (χ3v) is 8.30. The van der Waals surface area contributed by atoms with Crippen LogP contribution in [0.4, 0.5) is 0 Å². The van der Waals surface area contributed by atoms with E-state index < -0.39 is 0 Å². The fourth-order valence-corrected chi connectivity index (χ4v) is 6.15. The maximum Gasteiger partial charge on any atom is 0.156 e. The van der Waals surface area contributed by atoms with E-state index in [4.69, 9.17) is 14.4 Å². The molecule has 0 spiro atoms. The van der Waals surface area contributed by atoms with Crippen LogP contribution in [0, 0.1) is 0 Å². The Labute approximate surface area is 256 Å². The predicted molar refractivity (Wildman–Crippen MR) is 182 cm³/mol. The van der Waals surface area contributed by atoms with Crippen molar-refractivity contribution < 1.29 is 4.42 Å². The van der Waals surface area contributed by atoms with Crippen LogP contribution in [0.25, 0.3) is 44.2 Å². The number of hydrogen-bond acceptors (Lipinski definition) is 3. The quantitative estimate of drug-likeness (QED) is 0.205. The third-order valence-electron chi connectivity index (χ3n) is 8.30. The van der Waals surface area contributed by atoms with Crippen molar-refractivity contribution in [1.82, 2.24) is 0 Å². The highest BCUT2D eigenvalue weighted by molar-refractivity contribution is 6.26. The highest BCUT2D eigenvalue weighted by Gasteiger charge is 2.28. The summed E-state index contributed by atoms with van der Waals surface area (Å²) >= 11 is 0. The summed E-state index contributed by atoms with van der Waals surface area (Å²) in [6.45, 7) is 4.61. The first kappa shape index (κ1) is 25.9. The Morgan fingerprint density at radius 2 is 1.11 bits per heavy atom. The lowest BCUT2D eigenvalue weighted by Gasteiger charge is -2.25. The number of rotatable bonds is 5. The fourth-order valence-electron chi connectivity index (χ4n) is 6.15. The SMILES string of the molecule is C=C1C(c2cccc(-c3ccccc3)c2)=NC(c2cccc3oc4ccccc4c23)=NC1c1cccc(-c2ccccc2)c1. The van der Waals surface area contributed by atoms with Crippen molar-refractivity contribution in [2.24, 2.45) is 9.98 Å². The number of fused-ring (bicyclic) bond motifs is 3. The molecule has 44 heavy (non-hydrogen) atoms. The van der Waals surface area contributed by atoms with Gasteiger partial charge < -0.3 is 4.42 Å². The third kappa shape index (κ3) is 4.56. The molecule has 1 unspecified atom stereocenters. The highest BCUT2D eigenvalue weighted by atomic mass is 16.3. The number of benzene rings is 6. The van der Waals surface area contributed by atoms with Crippen molar-refractivity contribution >= 4 is 33.5 Å². The van der Waals surface area contributed by atoms with Crippen molar-refractivity contribution in [3.05, 3.63) is 181 Å². The second-order valence-electron chi connectivity index (χ2n) is 11.1. The van der Waals surface area contributed by atoms with Crippen LogP contribution in [0.5, 0.6) is 0 Å². The van der Waals surface area contributed by atoms with Gasteiger partial charge in [0.2, 0.25) is 0 Å². The van der Waals surface area contributed by atoms with Crippen LogP contribution in [0.1, 0.15) is 22.7 Å². The lowest BCUT2D eigenvalue weighted by molar-refractivity contribution is 0.669. The molecule has 1 aliphatic rings. The minimum Gasteiger partial charge on any atom is -0.456 e. The normalized spacial score (nSPS) is 14.9. The minimum atomic E-state index is -0.310. The topological polar surface area (TPSA) is 37.9 Å². The van der Waals surface area contributed by atoms with Gasteiger partial charge in [0.1, 0.15) is 17.2 Å². The van der Waals surface area contributed by atoms with Gasteiger partial charge in [-0.1, -0.05) is 134 Å². The molecule has 1 aromatic heterocycles. The summed E-state index contributed by atoms with van der Waals surface area (Å²) in [4.78, 5) is 10.6. The Balaban J connectivity index is 1.32. The van der Waals surface area contributed by atoms with E-state index in [2.05, 4.69) is 116 Å². The summed E-state index contributed by atoms with van der Waals surface area (Å²) in [5, 5.41) is 2.07.